The summed E-state index contributed by atoms with van der Waals surface area (Å²) in [5.74, 6) is 0.118. The molecule has 0 fully saturated rings. The Kier molecular flexibility index (Phi) is 8.85. The minimum Gasteiger partial charge on any atom is -0.463 e. The molecule has 0 N–H and O–H groups in total. The first-order valence-electron chi connectivity index (χ1n) is 5.52. The molecule has 0 aromatic carbocycles. The van der Waals surface area contributed by atoms with Gasteiger partial charge in [0.1, 0.15) is 6.79 Å². The van der Waals surface area contributed by atoms with Crippen LogP contribution in [0.4, 0.5) is 0 Å². The maximum atomic E-state index is 11.3. The normalized spacial score (nSPS) is 13.6. The second-order valence-corrected chi connectivity index (χ2v) is 3.73. The molecule has 0 saturated heterocycles. The highest BCUT2D eigenvalue weighted by Crippen LogP contribution is 2.07. The van der Waals surface area contributed by atoms with Crippen LogP contribution in [-0.4, -0.2) is 33.1 Å². The molecule has 0 aromatic rings. The van der Waals surface area contributed by atoms with Gasteiger partial charge in [-0.3, -0.25) is 0 Å². The molecule has 0 unspecified atom stereocenters. The van der Waals surface area contributed by atoms with Gasteiger partial charge in [0.2, 0.25) is 0 Å². The molecule has 0 aromatic heterocycles. The highest BCUT2D eigenvalue weighted by molar-refractivity contribution is 5.87. The minimum atomic E-state index is -0.243. The van der Waals surface area contributed by atoms with E-state index in [4.69, 9.17) is 14.2 Å². The average molecular weight is 230 g/mol. The first kappa shape index (κ1) is 15.1. The third-order valence-corrected chi connectivity index (χ3v) is 2.03. The van der Waals surface area contributed by atoms with Crippen molar-refractivity contribution in [2.24, 2.45) is 5.92 Å². The van der Waals surface area contributed by atoms with Crippen LogP contribution in [0.5, 0.6) is 0 Å². The zero-order valence-electron chi connectivity index (χ0n) is 10.6. The van der Waals surface area contributed by atoms with Crippen LogP contribution >= 0.6 is 0 Å². The number of rotatable bonds is 8. The summed E-state index contributed by atoms with van der Waals surface area (Å²) in [4.78, 5) is 11.3. The first-order chi connectivity index (χ1) is 7.61. The van der Waals surface area contributed by atoms with Crippen LogP contribution in [0.1, 0.15) is 27.2 Å². The number of carbonyl (C=O) groups is 1. The fourth-order valence-corrected chi connectivity index (χ4v) is 1.11. The van der Waals surface area contributed by atoms with E-state index in [-0.39, 0.29) is 5.97 Å². The van der Waals surface area contributed by atoms with Crippen molar-refractivity contribution in [2.75, 3.05) is 27.1 Å². The monoisotopic (exact) mass is 230 g/mol. The van der Waals surface area contributed by atoms with Gasteiger partial charge in [0.15, 0.2) is 0 Å². The predicted octanol–water partition coefficient (Wildman–Crippen LogP) is 2.14. The Labute approximate surface area is 97.6 Å². The van der Waals surface area contributed by atoms with Gasteiger partial charge in [0.25, 0.3) is 0 Å². The number of carbonyl (C=O) groups excluding carboxylic acids is 1. The summed E-state index contributed by atoms with van der Waals surface area (Å²) < 4.78 is 14.9. The van der Waals surface area contributed by atoms with Crippen molar-refractivity contribution < 1.29 is 19.0 Å². The van der Waals surface area contributed by atoms with Crippen LogP contribution in [0, 0.1) is 5.92 Å². The third kappa shape index (κ3) is 7.43. The number of methoxy groups -OCH3 is 1. The van der Waals surface area contributed by atoms with Crippen LogP contribution in [0.25, 0.3) is 0 Å². The van der Waals surface area contributed by atoms with E-state index in [1.54, 1.807) is 21.0 Å². The van der Waals surface area contributed by atoms with Gasteiger partial charge in [-0.25, -0.2) is 4.79 Å². The van der Waals surface area contributed by atoms with Gasteiger partial charge in [-0.1, -0.05) is 13.0 Å². The van der Waals surface area contributed by atoms with E-state index in [1.165, 1.54) is 0 Å². The van der Waals surface area contributed by atoms with Gasteiger partial charge in [-0.05, 0) is 26.2 Å². The van der Waals surface area contributed by atoms with Gasteiger partial charge in [-0.15, -0.1) is 0 Å². The Morgan fingerprint density at radius 3 is 2.69 bits per heavy atom. The van der Waals surface area contributed by atoms with Gasteiger partial charge in [0, 0.05) is 12.7 Å². The Morgan fingerprint density at radius 1 is 1.44 bits per heavy atom. The van der Waals surface area contributed by atoms with Crippen molar-refractivity contribution in [2.45, 2.75) is 27.2 Å². The van der Waals surface area contributed by atoms with Crippen LogP contribution in [-0.2, 0) is 19.0 Å². The van der Waals surface area contributed by atoms with E-state index in [0.29, 0.717) is 31.5 Å². The smallest absolute Gasteiger partial charge is 0.333 e. The van der Waals surface area contributed by atoms with Crippen molar-refractivity contribution in [3.8, 4) is 0 Å². The quantitative estimate of drug-likeness (QED) is 0.277. The summed E-state index contributed by atoms with van der Waals surface area (Å²) in [6, 6.07) is 0. The highest BCUT2D eigenvalue weighted by Gasteiger charge is 2.05. The largest absolute Gasteiger partial charge is 0.463 e. The molecule has 0 aliphatic rings. The van der Waals surface area contributed by atoms with E-state index in [9.17, 15) is 4.79 Å². The molecule has 4 nitrogen and oxygen atoms in total. The fourth-order valence-electron chi connectivity index (χ4n) is 1.11. The zero-order chi connectivity index (χ0) is 12.4. The Hall–Kier alpha value is -0.870. The number of allylic oxidation sites excluding steroid dienone is 1. The Morgan fingerprint density at radius 2 is 2.12 bits per heavy atom. The van der Waals surface area contributed by atoms with Gasteiger partial charge >= 0.3 is 5.97 Å². The molecule has 1 atom stereocenters. The Bertz CT molecular complexity index is 223. The third-order valence-electron chi connectivity index (χ3n) is 2.03. The molecule has 16 heavy (non-hydrogen) atoms. The number of hydrogen-bond acceptors (Lipinski definition) is 4. The zero-order valence-corrected chi connectivity index (χ0v) is 10.6. The lowest BCUT2D eigenvalue weighted by atomic mass is 10.1. The number of hydrogen-bond donors (Lipinski definition) is 0. The Balaban J connectivity index is 3.82. The van der Waals surface area contributed by atoms with Crippen LogP contribution < -0.4 is 0 Å². The van der Waals surface area contributed by atoms with Gasteiger partial charge in [-0.2, -0.15) is 0 Å². The number of ether oxygens (including phenoxy) is 3. The molecule has 94 valence electrons. The molecule has 0 aliphatic heterocycles. The van der Waals surface area contributed by atoms with Crippen LogP contribution in [0.3, 0.4) is 0 Å². The summed E-state index contributed by atoms with van der Waals surface area (Å²) >= 11 is 0. The van der Waals surface area contributed by atoms with Crippen LogP contribution in [0.15, 0.2) is 11.6 Å². The molecule has 0 amide bonds. The molecule has 0 spiro atoms. The lowest BCUT2D eigenvalue weighted by Gasteiger charge is -2.09. The topological polar surface area (TPSA) is 44.8 Å². The second-order valence-electron chi connectivity index (χ2n) is 3.73. The lowest BCUT2D eigenvalue weighted by molar-refractivity contribution is -0.138. The molecular weight excluding hydrogens is 208 g/mol. The second kappa shape index (κ2) is 9.36. The maximum Gasteiger partial charge on any atom is 0.333 e. The van der Waals surface area contributed by atoms with E-state index in [2.05, 4.69) is 6.92 Å². The van der Waals surface area contributed by atoms with E-state index in [1.807, 2.05) is 6.08 Å². The standard InChI is InChI=1S/C12H22O4/c1-5-16-12(13)11(3)7-6-10(2)8-15-9-14-4/h7,10H,5-6,8-9H2,1-4H3/b11-7+/t10-/m0/s1. The summed E-state index contributed by atoms with van der Waals surface area (Å²) in [5, 5.41) is 0. The predicted molar refractivity (Wildman–Crippen MR) is 62.0 cm³/mol. The SMILES string of the molecule is CCOC(=O)/C(C)=C/C[C@H](C)COCOC. The van der Waals surface area contributed by atoms with Gasteiger partial charge in [0.05, 0.1) is 13.2 Å². The van der Waals surface area contributed by atoms with Crippen molar-refractivity contribution >= 4 is 5.97 Å². The minimum absolute atomic E-state index is 0.243. The maximum absolute atomic E-state index is 11.3. The lowest BCUT2D eigenvalue weighted by Crippen LogP contribution is -2.09. The molecule has 0 saturated carbocycles. The van der Waals surface area contributed by atoms with Crippen molar-refractivity contribution in [3.63, 3.8) is 0 Å². The molecule has 0 heterocycles. The van der Waals surface area contributed by atoms with E-state index < -0.39 is 0 Å². The summed E-state index contributed by atoms with van der Waals surface area (Å²) in [7, 11) is 1.59. The molecular formula is C12H22O4. The average Bonchev–Trinajstić information content (AvgIpc) is 2.26. The van der Waals surface area contributed by atoms with Crippen molar-refractivity contribution in [1.29, 1.82) is 0 Å². The van der Waals surface area contributed by atoms with Crippen LogP contribution in [0.2, 0.25) is 0 Å². The highest BCUT2D eigenvalue weighted by atomic mass is 16.7. The van der Waals surface area contributed by atoms with Gasteiger partial charge < -0.3 is 14.2 Å². The van der Waals surface area contributed by atoms with Crippen molar-refractivity contribution in [3.05, 3.63) is 11.6 Å². The molecule has 0 bridgehead atoms. The summed E-state index contributed by atoms with van der Waals surface area (Å²) in [6.45, 7) is 6.97. The summed E-state index contributed by atoms with van der Waals surface area (Å²) in [6.07, 6.45) is 2.69. The molecule has 4 heteroatoms. The van der Waals surface area contributed by atoms with Crippen molar-refractivity contribution in [1.82, 2.24) is 0 Å². The fraction of sp³-hybridized carbons (Fsp3) is 0.750. The molecule has 0 aliphatic carbocycles. The molecule has 0 rings (SSSR count). The number of esters is 1. The van der Waals surface area contributed by atoms with E-state index >= 15 is 0 Å². The van der Waals surface area contributed by atoms with E-state index in [0.717, 1.165) is 6.42 Å². The summed E-state index contributed by atoms with van der Waals surface area (Å²) in [5.41, 5.74) is 0.653. The first-order valence-corrected chi connectivity index (χ1v) is 5.52. The molecule has 0 radical (unpaired) electrons.